The van der Waals surface area contributed by atoms with Crippen LogP contribution in [0.15, 0.2) is 18.2 Å². The Morgan fingerprint density at radius 2 is 2.10 bits per heavy atom. The maximum absolute atomic E-state index is 12.2. The van der Waals surface area contributed by atoms with Gasteiger partial charge < -0.3 is 14.7 Å². The molecule has 0 spiro atoms. The molecule has 1 aromatic carbocycles. The van der Waals surface area contributed by atoms with Gasteiger partial charge in [0, 0.05) is 5.56 Å². The van der Waals surface area contributed by atoms with Crippen molar-refractivity contribution in [3.63, 3.8) is 0 Å². The van der Waals surface area contributed by atoms with Gasteiger partial charge in [-0.1, -0.05) is 31.5 Å². The fourth-order valence-corrected chi connectivity index (χ4v) is 2.48. The lowest BCUT2D eigenvalue weighted by molar-refractivity contribution is -0.163. The Labute approximate surface area is 120 Å². The number of ether oxygens (including phenoxy) is 1. The molecule has 1 N–H and O–H groups in total. The summed E-state index contributed by atoms with van der Waals surface area (Å²) in [4.78, 5) is 14.0. The molecule has 0 atom stereocenters. The van der Waals surface area contributed by atoms with Crippen LogP contribution in [0.25, 0.3) is 0 Å². The normalized spacial score (nSPS) is 17.0. The monoisotopic (exact) mass is 277 g/mol. The highest BCUT2D eigenvalue weighted by molar-refractivity contribution is 5.80. The first kappa shape index (κ1) is 14.9. The number of aliphatic hydroxyl groups is 1. The predicted molar refractivity (Wildman–Crippen MR) is 77.8 cm³/mol. The topological polar surface area (TPSA) is 49.8 Å². The van der Waals surface area contributed by atoms with Crippen molar-refractivity contribution in [1.29, 1.82) is 0 Å². The molecule has 20 heavy (non-hydrogen) atoms. The number of nitrogens with zero attached hydrogens (tertiary/aromatic N) is 1. The summed E-state index contributed by atoms with van der Waals surface area (Å²) >= 11 is 0. The van der Waals surface area contributed by atoms with Crippen LogP contribution in [-0.2, 0) is 11.2 Å². The highest BCUT2D eigenvalue weighted by atomic mass is 16.5. The minimum absolute atomic E-state index is 0.0409. The molecule has 1 fully saturated rings. The zero-order valence-electron chi connectivity index (χ0n) is 12.6. The summed E-state index contributed by atoms with van der Waals surface area (Å²) < 4.78 is 5.29. The van der Waals surface area contributed by atoms with Crippen LogP contribution in [0.4, 0.5) is 0 Å². The minimum atomic E-state index is -0.716. The minimum Gasteiger partial charge on any atom is -0.496 e. The molecule has 110 valence electrons. The van der Waals surface area contributed by atoms with Gasteiger partial charge >= 0.3 is 0 Å². The van der Waals surface area contributed by atoms with Crippen LogP contribution in [0.1, 0.15) is 25.0 Å². The van der Waals surface area contributed by atoms with Crippen LogP contribution in [0.3, 0.4) is 0 Å². The van der Waals surface area contributed by atoms with Gasteiger partial charge in [0.05, 0.1) is 26.6 Å². The van der Waals surface area contributed by atoms with Crippen molar-refractivity contribution < 1.29 is 14.6 Å². The SMILES string of the molecule is COc1ccc(C)cc1CC(=O)N1CC(O)(C(C)C)C1. The van der Waals surface area contributed by atoms with E-state index in [0.717, 1.165) is 16.9 Å². The molecule has 0 unspecified atom stereocenters. The van der Waals surface area contributed by atoms with Crippen molar-refractivity contribution in [1.82, 2.24) is 4.90 Å². The molecule has 2 rings (SSSR count). The van der Waals surface area contributed by atoms with Gasteiger partial charge in [0.1, 0.15) is 11.4 Å². The fraction of sp³-hybridized carbons (Fsp3) is 0.562. The Balaban J connectivity index is 2.02. The molecule has 1 amide bonds. The highest BCUT2D eigenvalue weighted by Gasteiger charge is 2.45. The van der Waals surface area contributed by atoms with Gasteiger partial charge in [-0.05, 0) is 18.9 Å². The summed E-state index contributed by atoms with van der Waals surface area (Å²) in [5.74, 6) is 0.947. The van der Waals surface area contributed by atoms with Crippen LogP contribution in [-0.4, -0.2) is 41.7 Å². The Morgan fingerprint density at radius 1 is 1.45 bits per heavy atom. The molecule has 0 saturated carbocycles. The van der Waals surface area contributed by atoms with E-state index in [4.69, 9.17) is 4.74 Å². The average molecular weight is 277 g/mol. The molecule has 4 nitrogen and oxygen atoms in total. The molecule has 0 aliphatic carbocycles. The van der Waals surface area contributed by atoms with E-state index in [9.17, 15) is 9.90 Å². The van der Waals surface area contributed by atoms with Crippen LogP contribution >= 0.6 is 0 Å². The number of hydrogen-bond donors (Lipinski definition) is 1. The van der Waals surface area contributed by atoms with Crippen LogP contribution in [0.5, 0.6) is 5.75 Å². The smallest absolute Gasteiger partial charge is 0.227 e. The fourth-order valence-electron chi connectivity index (χ4n) is 2.48. The van der Waals surface area contributed by atoms with Crippen LogP contribution in [0.2, 0.25) is 0 Å². The second-order valence-electron chi connectivity index (χ2n) is 6.00. The Kier molecular flexibility index (Phi) is 4.04. The first-order chi connectivity index (χ1) is 9.35. The number of methoxy groups -OCH3 is 1. The van der Waals surface area contributed by atoms with Crippen molar-refractivity contribution >= 4 is 5.91 Å². The van der Waals surface area contributed by atoms with Crippen molar-refractivity contribution in [2.75, 3.05) is 20.2 Å². The lowest BCUT2D eigenvalue weighted by Crippen LogP contribution is -2.66. The molecular weight excluding hydrogens is 254 g/mol. The van der Waals surface area contributed by atoms with Crippen LogP contribution in [0, 0.1) is 12.8 Å². The predicted octanol–water partition coefficient (Wildman–Crippen LogP) is 1.78. The molecule has 1 aromatic rings. The third-order valence-electron chi connectivity index (χ3n) is 4.13. The lowest BCUT2D eigenvalue weighted by atomic mass is 9.82. The van der Waals surface area contributed by atoms with Gasteiger partial charge in [0.15, 0.2) is 0 Å². The number of likely N-dealkylation sites (tertiary alicyclic amines) is 1. The van der Waals surface area contributed by atoms with Gasteiger partial charge in [-0.25, -0.2) is 0 Å². The largest absolute Gasteiger partial charge is 0.496 e. The number of aryl methyl sites for hydroxylation is 1. The number of rotatable bonds is 4. The summed E-state index contributed by atoms with van der Waals surface area (Å²) in [7, 11) is 1.61. The quantitative estimate of drug-likeness (QED) is 0.912. The third kappa shape index (κ3) is 2.80. The summed E-state index contributed by atoms with van der Waals surface area (Å²) in [6.07, 6.45) is 0.318. The zero-order chi connectivity index (χ0) is 14.9. The van der Waals surface area contributed by atoms with Crippen molar-refractivity contribution in [3.05, 3.63) is 29.3 Å². The van der Waals surface area contributed by atoms with Gasteiger partial charge in [0.25, 0.3) is 0 Å². The maximum Gasteiger partial charge on any atom is 0.227 e. The van der Waals surface area contributed by atoms with E-state index in [0.29, 0.717) is 19.5 Å². The second-order valence-corrected chi connectivity index (χ2v) is 6.00. The van der Waals surface area contributed by atoms with E-state index in [-0.39, 0.29) is 11.8 Å². The average Bonchev–Trinajstić information content (AvgIpc) is 2.34. The Bertz CT molecular complexity index is 504. The molecule has 4 heteroatoms. The number of hydrogen-bond acceptors (Lipinski definition) is 3. The molecular formula is C16H23NO3. The molecule has 0 aromatic heterocycles. The lowest BCUT2D eigenvalue weighted by Gasteiger charge is -2.49. The molecule has 1 heterocycles. The summed E-state index contributed by atoms with van der Waals surface area (Å²) in [5.41, 5.74) is 1.29. The van der Waals surface area contributed by atoms with E-state index in [1.165, 1.54) is 0 Å². The van der Waals surface area contributed by atoms with Crippen molar-refractivity contribution in [3.8, 4) is 5.75 Å². The molecule has 1 aliphatic heterocycles. The summed E-state index contributed by atoms with van der Waals surface area (Å²) in [5, 5.41) is 10.2. The third-order valence-corrected chi connectivity index (χ3v) is 4.13. The van der Waals surface area contributed by atoms with Gasteiger partial charge in [-0.2, -0.15) is 0 Å². The second kappa shape index (κ2) is 5.44. The first-order valence-corrected chi connectivity index (χ1v) is 6.99. The Hall–Kier alpha value is -1.55. The first-order valence-electron chi connectivity index (χ1n) is 6.99. The van der Waals surface area contributed by atoms with E-state index in [1.807, 2.05) is 39.0 Å². The summed E-state index contributed by atoms with van der Waals surface area (Å²) in [6.45, 7) is 6.81. The van der Waals surface area contributed by atoms with E-state index < -0.39 is 5.60 Å². The molecule has 0 radical (unpaired) electrons. The van der Waals surface area contributed by atoms with Crippen LogP contribution < -0.4 is 4.74 Å². The number of amides is 1. The van der Waals surface area contributed by atoms with Crippen molar-refractivity contribution in [2.45, 2.75) is 32.8 Å². The molecule has 1 aliphatic rings. The summed E-state index contributed by atoms with van der Waals surface area (Å²) in [6, 6.07) is 5.83. The van der Waals surface area contributed by atoms with Gasteiger partial charge in [-0.15, -0.1) is 0 Å². The molecule has 0 bridgehead atoms. The van der Waals surface area contributed by atoms with Crippen molar-refractivity contribution in [2.24, 2.45) is 5.92 Å². The number of β-amino-alcohol motifs (C(OH)–C–C–N with tert-alkyl or cyclic N) is 1. The van der Waals surface area contributed by atoms with Gasteiger partial charge in [0.2, 0.25) is 5.91 Å². The Morgan fingerprint density at radius 3 is 2.65 bits per heavy atom. The van der Waals surface area contributed by atoms with E-state index in [2.05, 4.69) is 0 Å². The number of carbonyl (C=O) groups is 1. The molecule has 1 saturated heterocycles. The maximum atomic E-state index is 12.2. The number of carbonyl (C=O) groups excluding carboxylic acids is 1. The van der Waals surface area contributed by atoms with Gasteiger partial charge in [-0.3, -0.25) is 4.79 Å². The van der Waals surface area contributed by atoms with E-state index in [1.54, 1.807) is 12.0 Å². The standard InChI is InChI=1S/C16H23NO3/c1-11(2)16(19)9-17(10-16)15(18)8-13-7-12(3)5-6-14(13)20-4/h5-7,11,19H,8-10H2,1-4H3. The zero-order valence-corrected chi connectivity index (χ0v) is 12.6. The number of benzene rings is 1. The highest BCUT2D eigenvalue weighted by Crippen LogP contribution is 2.30. The van der Waals surface area contributed by atoms with E-state index >= 15 is 0 Å².